The van der Waals surface area contributed by atoms with E-state index >= 15 is 0 Å². The number of aryl methyl sites for hydroxylation is 1. The fourth-order valence-corrected chi connectivity index (χ4v) is 6.39. The number of nitrogens with zero attached hydrogens (tertiary/aromatic N) is 3. The fraction of sp³-hybridized carbons (Fsp3) is 0.519. The van der Waals surface area contributed by atoms with Crippen molar-refractivity contribution in [3.05, 3.63) is 40.8 Å². The average Bonchev–Trinajstić information content (AvgIpc) is 3.45. The monoisotopic (exact) mass is 527 g/mol. The lowest BCUT2D eigenvalue weighted by Gasteiger charge is -2.27. The zero-order valence-electron chi connectivity index (χ0n) is 21.3. The number of thiophene rings is 1. The Morgan fingerprint density at radius 3 is 2.81 bits per heavy atom. The standard InChI is InChI=1S/C27H34FN5O3S/c1-16-23-25(32-21-10-5-17(28)14-22(21)36-20-8-6-19(34)7-9-20)30-15-31-27(23)37-24(16)26(35)29-12-11-18-4-3-13-33(18)2/h5,10,14-15,18-20,34H,3-4,6-9,11-13H2,1-2H3,(H,29,35)(H,30,31,32)/t18?,19-,20-. The normalized spacial score (nSPS) is 22.3. The summed E-state index contributed by atoms with van der Waals surface area (Å²) in [4.78, 5) is 25.6. The highest BCUT2D eigenvalue weighted by Crippen LogP contribution is 2.37. The highest BCUT2D eigenvalue weighted by atomic mass is 32.1. The van der Waals surface area contributed by atoms with E-state index in [2.05, 4.69) is 32.5 Å². The van der Waals surface area contributed by atoms with Gasteiger partial charge in [-0.15, -0.1) is 11.3 Å². The molecule has 1 aromatic carbocycles. The minimum Gasteiger partial charge on any atom is -0.488 e. The zero-order valence-corrected chi connectivity index (χ0v) is 22.1. The van der Waals surface area contributed by atoms with Crippen LogP contribution >= 0.6 is 11.3 Å². The van der Waals surface area contributed by atoms with Crippen LogP contribution in [0.1, 0.15) is 60.2 Å². The fourth-order valence-electron chi connectivity index (χ4n) is 5.33. The SMILES string of the molecule is Cc1c(C(=O)NCCC2CCCN2C)sc2ncnc(Nc3ccc(F)cc3O[C@H]3CC[C@H](O)CC3)c12. The van der Waals surface area contributed by atoms with Gasteiger partial charge in [-0.1, -0.05) is 0 Å². The zero-order chi connectivity index (χ0) is 25.9. The molecule has 10 heteroatoms. The van der Waals surface area contributed by atoms with Crippen LogP contribution in [0.15, 0.2) is 24.5 Å². The van der Waals surface area contributed by atoms with E-state index in [1.807, 2.05) is 6.92 Å². The molecule has 37 heavy (non-hydrogen) atoms. The van der Waals surface area contributed by atoms with Crippen LogP contribution in [0.25, 0.3) is 10.2 Å². The summed E-state index contributed by atoms with van der Waals surface area (Å²) in [6.07, 6.45) is 7.19. The van der Waals surface area contributed by atoms with E-state index in [9.17, 15) is 14.3 Å². The number of fused-ring (bicyclic) bond motifs is 1. The summed E-state index contributed by atoms with van der Waals surface area (Å²) in [7, 11) is 2.14. The Morgan fingerprint density at radius 1 is 1.24 bits per heavy atom. The van der Waals surface area contributed by atoms with Gasteiger partial charge < -0.3 is 25.4 Å². The van der Waals surface area contributed by atoms with Crippen LogP contribution in [-0.4, -0.2) is 64.3 Å². The number of aromatic nitrogens is 2. The molecule has 3 heterocycles. The smallest absolute Gasteiger partial charge is 0.261 e. The van der Waals surface area contributed by atoms with Gasteiger partial charge in [0.25, 0.3) is 5.91 Å². The Labute approximate surface area is 220 Å². The number of anilines is 2. The molecular weight excluding hydrogens is 493 g/mol. The third-order valence-electron chi connectivity index (χ3n) is 7.50. The summed E-state index contributed by atoms with van der Waals surface area (Å²) in [5.41, 5.74) is 1.40. The Morgan fingerprint density at radius 2 is 2.05 bits per heavy atom. The summed E-state index contributed by atoms with van der Waals surface area (Å²) in [5, 5.41) is 16.9. The summed E-state index contributed by atoms with van der Waals surface area (Å²) in [6.45, 7) is 3.66. The second kappa shape index (κ2) is 11.3. The highest BCUT2D eigenvalue weighted by molar-refractivity contribution is 7.20. The van der Waals surface area contributed by atoms with Crippen molar-refractivity contribution in [2.75, 3.05) is 25.5 Å². The van der Waals surface area contributed by atoms with Crippen LogP contribution in [0.5, 0.6) is 5.75 Å². The summed E-state index contributed by atoms with van der Waals surface area (Å²) >= 11 is 1.35. The van der Waals surface area contributed by atoms with Gasteiger partial charge in [0.2, 0.25) is 0 Å². The molecule has 0 radical (unpaired) electrons. The number of rotatable bonds is 8. The lowest BCUT2D eigenvalue weighted by Crippen LogP contribution is -2.31. The number of benzene rings is 1. The van der Waals surface area contributed by atoms with Crippen LogP contribution in [-0.2, 0) is 0 Å². The second-order valence-electron chi connectivity index (χ2n) is 10.1. The molecule has 1 unspecified atom stereocenters. The number of carbonyl (C=O) groups excluding carboxylic acids is 1. The van der Waals surface area contributed by atoms with Gasteiger partial charge in [-0.25, -0.2) is 14.4 Å². The molecule has 2 aromatic heterocycles. The van der Waals surface area contributed by atoms with Gasteiger partial charge >= 0.3 is 0 Å². The number of aliphatic hydroxyl groups is 1. The third-order valence-corrected chi connectivity index (χ3v) is 8.70. The molecule has 1 amide bonds. The van der Waals surface area contributed by atoms with E-state index in [4.69, 9.17) is 4.74 Å². The molecule has 1 saturated heterocycles. The van der Waals surface area contributed by atoms with Crippen LogP contribution in [0.4, 0.5) is 15.9 Å². The number of amides is 1. The van der Waals surface area contributed by atoms with Gasteiger partial charge in [-0.3, -0.25) is 4.79 Å². The van der Waals surface area contributed by atoms with Crippen molar-refractivity contribution in [3.8, 4) is 5.75 Å². The first-order valence-electron chi connectivity index (χ1n) is 13.0. The highest BCUT2D eigenvalue weighted by Gasteiger charge is 2.24. The molecule has 2 fully saturated rings. The number of ether oxygens (including phenoxy) is 1. The first-order chi connectivity index (χ1) is 17.9. The number of carbonyl (C=O) groups is 1. The number of nitrogens with one attached hydrogen (secondary N) is 2. The van der Waals surface area contributed by atoms with Gasteiger partial charge in [-0.05, 0) is 83.2 Å². The second-order valence-corrected chi connectivity index (χ2v) is 11.1. The first-order valence-corrected chi connectivity index (χ1v) is 13.8. The van der Waals surface area contributed by atoms with Crippen LogP contribution in [0.2, 0.25) is 0 Å². The van der Waals surface area contributed by atoms with Gasteiger partial charge in [0.15, 0.2) is 0 Å². The molecule has 8 nitrogen and oxygen atoms in total. The van der Waals surface area contributed by atoms with Crippen molar-refractivity contribution in [3.63, 3.8) is 0 Å². The predicted molar refractivity (Wildman–Crippen MR) is 143 cm³/mol. The molecule has 0 spiro atoms. The first kappa shape index (κ1) is 25.8. The number of hydrogen-bond acceptors (Lipinski definition) is 8. The quantitative estimate of drug-likeness (QED) is 0.388. The Balaban J connectivity index is 1.33. The topological polar surface area (TPSA) is 99.6 Å². The van der Waals surface area contributed by atoms with Crippen molar-refractivity contribution < 1.29 is 19.0 Å². The molecule has 5 rings (SSSR count). The molecule has 1 aliphatic heterocycles. The molecule has 0 bridgehead atoms. The minimum atomic E-state index is -0.390. The lowest BCUT2D eigenvalue weighted by atomic mass is 9.95. The number of aliphatic hydroxyl groups excluding tert-OH is 1. The molecule has 198 valence electrons. The van der Waals surface area contributed by atoms with E-state index < -0.39 is 5.82 Å². The Hall–Kier alpha value is -2.82. The summed E-state index contributed by atoms with van der Waals surface area (Å²) in [5.74, 6) is 0.452. The maximum absolute atomic E-state index is 14.1. The van der Waals surface area contributed by atoms with Crippen LogP contribution < -0.4 is 15.4 Å². The third kappa shape index (κ3) is 5.86. The maximum Gasteiger partial charge on any atom is 0.261 e. The van der Waals surface area contributed by atoms with E-state index in [1.54, 1.807) is 6.07 Å². The molecule has 3 aromatic rings. The number of halogens is 1. The summed E-state index contributed by atoms with van der Waals surface area (Å²) < 4.78 is 20.3. The Kier molecular flexibility index (Phi) is 7.87. The van der Waals surface area contributed by atoms with Gasteiger partial charge in [0, 0.05) is 18.7 Å². The van der Waals surface area contributed by atoms with Crippen molar-refractivity contribution in [2.45, 2.75) is 70.1 Å². The van der Waals surface area contributed by atoms with E-state index in [0.717, 1.165) is 23.9 Å². The molecule has 1 aliphatic carbocycles. The van der Waals surface area contributed by atoms with Gasteiger partial charge in [0.1, 0.15) is 28.5 Å². The maximum atomic E-state index is 14.1. The largest absolute Gasteiger partial charge is 0.488 e. The molecule has 1 saturated carbocycles. The van der Waals surface area contributed by atoms with Crippen LogP contribution in [0, 0.1) is 12.7 Å². The van der Waals surface area contributed by atoms with E-state index in [0.29, 0.717) is 65.2 Å². The number of hydrogen-bond donors (Lipinski definition) is 3. The van der Waals surface area contributed by atoms with Gasteiger partial charge in [0.05, 0.1) is 28.2 Å². The van der Waals surface area contributed by atoms with Crippen molar-refractivity contribution in [1.29, 1.82) is 0 Å². The average molecular weight is 528 g/mol. The van der Waals surface area contributed by atoms with Crippen molar-refractivity contribution in [1.82, 2.24) is 20.2 Å². The lowest BCUT2D eigenvalue weighted by molar-refractivity contribution is 0.0668. The Bertz CT molecular complexity index is 1260. The molecule has 2 aliphatic rings. The molecular formula is C27H34FN5O3S. The number of likely N-dealkylation sites (tertiary alicyclic amines) is 1. The summed E-state index contributed by atoms with van der Waals surface area (Å²) in [6, 6.07) is 4.90. The van der Waals surface area contributed by atoms with Crippen molar-refractivity contribution >= 4 is 39.0 Å². The van der Waals surface area contributed by atoms with E-state index in [1.165, 1.54) is 42.6 Å². The van der Waals surface area contributed by atoms with Crippen LogP contribution in [0.3, 0.4) is 0 Å². The van der Waals surface area contributed by atoms with Crippen molar-refractivity contribution in [2.24, 2.45) is 0 Å². The van der Waals surface area contributed by atoms with Gasteiger partial charge in [-0.2, -0.15) is 0 Å². The minimum absolute atomic E-state index is 0.0848. The molecule has 3 N–H and O–H groups in total. The predicted octanol–water partition coefficient (Wildman–Crippen LogP) is 4.78. The molecule has 1 atom stereocenters. The van der Waals surface area contributed by atoms with E-state index in [-0.39, 0.29) is 18.1 Å².